The topological polar surface area (TPSA) is 78.9 Å². The number of piperazine rings is 1. The number of aryl methyl sites for hydroxylation is 1. The van der Waals surface area contributed by atoms with E-state index in [1.807, 2.05) is 32.0 Å². The fourth-order valence-corrected chi connectivity index (χ4v) is 5.32. The number of benzene rings is 2. The summed E-state index contributed by atoms with van der Waals surface area (Å²) in [7, 11) is -2.34. The Morgan fingerprint density at radius 1 is 1.17 bits per heavy atom. The van der Waals surface area contributed by atoms with Crippen molar-refractivity contribution in [3.8, 4) is 5.75 Å². The summed E-state index contributed by atoms with van der Waals surface area (Å²) in [6.07, 6.45) is 0. The minimum Gasteiger partial charge on any atom is -0.495 e. The van der Waals surface area contributed by atoms with Crippen LogP contribution >= 0.6 is 0 Å². The Hall–Kier alpha value is -2.58. The van der Waals surface area contributed by atoms with Crippen molar-refractivity contribution < 1.29 is 17.9 Å². The number of sulfonamides is 1. The zero-order valence-electron chi connectivity index (χ0n) is 17.2. The van der Waals surface area contributed by atoms with Crippen LogP contribution in [0.3, 0.4) is 0 Å². The van der Waals surface area contributed by atoms with Crippen LogP contribution in [0.4, 0.5) is 11.4 Å². The lowest BCUT2D eigenvalue weighted by atomic mass is 10.1. The lowest BCUT2D eigenvalue weighted by molar-refractivity contribution is -0.114. The quantitative estimate of drug-likeness (QED) is 0.809. The molecule has 1 heterocycles. The first-order valence-corrected chi connectivity index (χ1v) is 11.0. The number of methoxy groups -OCH3 is 1. The molecular weight excluding hydrogens is 390 g/mol. The van der Waals surface area contributed by atoms with Gasteiger partial charge in [0.2, 0.25) is 15.9 Å². The molecule has 3 rings (SSSR count). The van der Waals surface area contributed by atoms with E-state index >= 15 is 0 Å². The smallest absolute Gasteiger partial charge is 0.246 e. The van der Waals surface area contributed by atoms with Gasteiger partial charge in [0.15, 0.2) is 0 Å². The molecule has 1 unspecified atom stereocenters. The van der Waals surface area contributed by atoms with E-state index in [-0.39, 0.29) is 22.6 Å². The van der Waals surface area contributed by atoms with Gasteiger partial charge in [-0.05, 0) is 49.7 Å². The van der Waals surface area contributed by atoms with Gasteiger partial charge < -0.3 is 15.0 Å². The van der Waals surface area contributed by atoms with Crippen LogP contribution in [0.25, 0.3) is 0 Å². The van der Waals surface area contributed by atoms with Crippen molar-refractivity contribution in [3.05, 3.63) is 48.0 Å². The van der Waals surface area contributed by atoms with Crippen LogP contribution in [0.1, 0.15) is 19.4 Å². The van der Waals surface area contributed by atoms with Gasteiger partial charge in [0.1, 0.15) is 10.6 Å². The SMILES string of the molecule is COc1ccc(NC(C)=O)cc1S(=O)(=O)N1CCN(c2cccc(C)c2)C(C)C1. The predicted molar refractivity (Wildman–Crippen MR) is 114 cm³/mol. The molecule has 0 radical (unpaired) electrons. The van der Waals surface area contributed by atoms with Crippen molar-refractivity contribution in [2.45, 2.75) is 31.7 Å². The second-order valence-electron chi connectivity index (χ2n) is 7.29. The first kappa shape index (κ1) is 21.1. The molecular formula is C21H27N3O4S. The molecule has 8 heteroatoms. The van der Waals surface area contributed by atoms with Crippen molar-refractivity contribution >= 4 is 27.3 Å². The summed E-state index contributed by atoms with van der Waals surface area (Å²) in [6, 6.07) is 12.9. The highest BCUT2D eigenvalue weighted by molar-refractivity contribution is 7.89. The Morgan fingerprint density at radius 3 is 2.55 bits per heavy atom. The third-order valence-corrected chi connectivity index (χ3v) is 6.91. The highest BCUT2D eigenvalue weighted by Gasteiger charge is 2.34. The molecule has 156 valence electrons. The van der Waals surface area contributed by atoms with Crippen LogP contribution in [0.15, 0.2) is 47.4 Å². The number of hydrogen-bond acceptors (Lipinski definition) is 5. The van der Waals surface area contributed by atoms with Gasteiger partial charge in [0.05, 0.1) is 7.11 Å². The summed E-state index contributed by atoms with van der Waals surface area (Å²) in [5.74, 6) is -0.00762. The summed E-state index contributed by atoms with van der Waals surface area (Å²) < 4.78 is 33.5. The van der Waals surface area contributed by atoms with E-state index in [1.54, 1.807) is 12.1 Å². The van der Waals surface area contributed by atoms with Crippen LogP contribution in [0.2, 0.25) is 0 Å². The molecule has 0 bridgehead atoms. The van der Waals surface area contributed by atoms with E-state index in [0.717, 1.165) is 5.69 Å². The highest BCUT2D eigenvalue weighted by atomic mass is 32.2. The number of ether oxygens (including phenoxy) is 1. The van der Waals surface area contributed by atoms with E-state index < -0.39 is 10.0 Å². The average Bonchev–Trinajstić information content (AvgIpc) is 2.67. The zero-order valence-corrected chi connectivity index (χ0v) is 18.0. The van der Waals surface area contributed by atoms with Crippen molar-refractivity contribution in [2.75, 3.05) is 37.0 Å². The summed E-state index contributed by atoms with van der Waals surface area (Å²) in [5.41, 5.74) is 2.69. The Labute approximate surface area is 172 Å². The minimum absolute atomic E-state index is 0.0184. The third-order valence-electron chi connectivity index (χ3n) is 5.03. The molecule has 2 aromatic rings. The van der Waals surface area contributed by atoms with Crippen LogP contribution in [0.5, 0.6) is 5.75 Å². The number of amides is 1. The summed E-state index contributed by atoms with van der Waals surface area (Å²) in [6.45, 7) is 6.78. The highest BCUT2D eigenvalue weighted by Crippen LogP contribution is 2.32. The van der Waals surface area contributed by atoms with Crippen molar-refractivity contribution in [1.29, 1.82) is 0 Å². The van der Waals surface area contributed by atoms with E-state index in [0.29, 0.717) is 25.3 Å². The second-order valence-corrected chi connectivity index (χ2v) is 9.20. The van der Waals surface area contributed by atoms with Gasteiger partial charge in [-0.15, -0.1) is 0 Å². The Kier molecular flexibility index (Phi) is 6.14. The molecule has 29 heavy (non-hydrogen) atoms. The Bertz CT molecular complexity index is 1010. The summed E-state index contributed by atoms with van der Waals surface area (Å²) in [5, 5.41) is 2.63. The first-order chi connectivity index (χ1) is 13.7. The third kappa shape index (κ3) is 4.54. The van der Waals surface area contributed by atoms with Gasteiger partial charge in [0, 0.05) is 44.0 Å². The molecule has 0 spiro atoms. The molecule has 1 amide bonds. The van der Waals surface area contributed by atoms with Gasteiger partial charge in [-0.3, -0.25) is 4.79 Å². The molecule has 1 aliphatic rings. The fourth-order valence-electron chi connectivity index (χ4n) is 3.63. The van der Waals surface area contributed by atoms with Gasteiger partial charge in [-0.1, -0.05) is 12.1 Å². The first-order valence-electron chi connectivity index (χ1n) is 9.51. The summed E-state index contributed by atoms with van der Waals surface area (Å²) >= 11 is 0. The van der Waals surface area contributed by atoms with Crippen LogP contribution in [0, 0.1) is 6.92 Å². The molecule has 0 aliphatic carbocycles. The zero-order chi connectivity index (χ0) is 21.2. The second kappa shape index (κ2) is 8.42. The molecule has 1 aliphatic heterocycles. The Balaban J connectivity index is 1.86. The molecule has 7 nitrogen and oxygen atoms in total. The molecule has 0 aromatic heterocycles. The Morgan fingerprint density at radius 2 is 1.93 bits per heavy atom. The number of carbonyl (C=O) groups is 1. The van der Waals surface area contributed by atoms with E-state index in [4.69, 9.17) is 4.74 Å². The van der Waals surface area contributed by atoms with Crippen LogP contribution < -0.4 is 15.0 Å². The molecule has 2 aromatic carbocycles. The maximum Gasteiger partial charge on any atom is 0.246 e. The normalized spacial score (nSPS) is 17.8. The van der Waals surface area contributed by atoms with Crippen molar-refractivity contribution in [3.63, 3.8) is 0 Å². The van der Waals surface area contributed by atoms with E-state index in [9.17, 15) is 13.2 Å². The maximum absolute atomic E-state index is 13.4. The molecule has 1 N–H and O–H groups in total. The van der Waals surface area contributed by atoms with Crippen LogP contribution in [-0.2, 0) is 14.8 Å². The number of carbonyl (C=O) groups excluding carboxylic acids is 1. The number of rotatable bonds is 5. The van der Waals surface area contributed by atoms with Crippen molar-refractivity contribution in [2.24, 2.45) is 0 Å². The summed E-state index contributed by atoms with van der Waals surface area (Å²) in [4.78, 5) is 13.6. The standard InChI is InChI=1S/C21H27N3O4S/c1-15-6-5-7-19(12-15)24-11-10-23(14-16(24)2)29(26,27)21-13-18(22-17(3)25)8-9-20(21)28-4/h5-9,12-13,16H,10-11,14H2,1-4H3,(H,22,25). The lowest BCUT2D eigenvalue weighted by Gasteiger charge is -2.40. The van der Waals surface area contributed by atoms with Crippen LogP contribution in [-0.4, -0.2) is 51.4 Å². The molecule has 0 saturated carbocycles. The number of anilines is 2. The lowest BCUT2D eigenvalue weighted by Crippen LogP contribution is -2.53. The molecule has 1 saturated heterocycles. The minimum atomic E-state index is -3.78. The molecule has 1 fully saturated rings. The van der Waals surface area contributed by atoms with E-state index in [2.05, 4.69) is 16.3 Å². The molecule has 1 atom stereocenters. The van der Waals surface area contributed by atoms with E-state index in [1.165, 1.54) is 30.0 Å². The average molecular weight is 418 g/mol. The van der Waals surface area contributed by atoms with Gasteiger partial charge in [0.25, 0.3) is 0 Å². The van der Waals surface area contributed by atoms with Gasteiger partial charge in [-0.2, -0.15) is 4.31 Å². The van der Waals surface area contributed by atoms with Gasteiger partial charge in [-0.25, -0.2) is 8.42 Å². The number of nitrogens with one attached hydrogen (secondary N) is 1. The largest absolute Gasteiger partial charge is 0.495 e. The number of nitrogens with zero attached hydrogens (tertiary/aromatic N) is 2. The monoisotopic (exact) mass is 417 g/mol. The van der Waals surface area contributed by atoms with Gasteiger partial charge >= 0.3 is 0 Å². The number of hydrogen-bond donors (Lipinski definition) is 1. The maximum atomic E-state index is 13.4. The predicted octanol–water partition coefficient (Wildman–Crippen LogP) is 2.86. The fraction of sp³-hybridized carbons (Fsp3) is 0.381. The van der Waals surface area contributed by atoms with Crippen molar-refractivity contribution in [1.82, 2.24) is 4.31 Å².